The van der Waals surface area contributed by atoms with Gasteiger partial charge < -0.3 is 5.32 Å². The zero-order valence-electron chi connectivity index (χ0n) is 17.6. The molecule has 2 atom stereocenters. The topological polar surface area (TPSA) is 46.9 Å². The Kier molecular flexibility index (Phi) is 5.23. The highest BCUT2D eigenvalue weighted by atomic mass is 19.4. The predicted octanol–water partition coefficient (Wildman–Crippen LogP) is 5.27. The Labute approximate surface area is 170 Å². The molecule has 4 bridgehead atoms. The van der Waals surface area contributed by atoms with Gasteiger partial charge in [-0.2, -0.15) is 18.3 Å². The maximum atomic E-state index is 13.1. The monoisotopic (exact) mass is 411 g/mol. The first kappa shape index (κ1) is 20.7. The van der Waals surface area contributed by atoms with Gasteiger partial charge in [-0.15, -0.1) is 0 Å². The van der Waals surface area contributed by atoms with Gasteiger partial charge in [0.05, 0.1) is 0 Å². The molecule has 4 saturated carbocycles. The number of nitrogens with one attached hydrogen (secondary N) is 1. The van der Waals surface area contributed by atoms with Crippen molar-refractivity contribution in [3.63, 3.8) is 0 Å². The van der Waals surface area contributed by atoms with Crippen molar-refractivity contribution >= 4 is 5.91 Å². The standard InChI is InChI=1S/C22H32F3N3O/c1-4-5-18(21-10-15-7-16(11-21)9-17(8-15)12-21)26-20(29)14(3)28-13(2)6-19(27-28)22(23,24)25/h6,14-18H,4-5,7-12H2,1-3H3,(H,26,29)/t14-,15?,16?,17?,18+,21?/m1/s1. The fourth-order valence-electron chi connectivity index (χ4n) is 6.85. The molecule has 5 rings (SSSR count). The molecule has 0 saturated heterocycles. The highest BCUT2D eigenvalue weighted by Crippen LogP contribution is 2.61. The fourth-order valence-corrected chi connectivity index (χ4v) is 6.85. The molecule has 0 unspecified atom stereocenters. The Balaban J connectivity index is 1.52. The van der Waals surface area contributed by atoms with Gasteiger partial charge in [0.1, 0.15) is 6.04 Å². The largest absolute Gasteiger partial charge is 0.435 e. The molecule has 1 heterocycles. The summed E-state index contributed by atoms with van der Waals surface area (Å²) in [5.74, 6) is 2.15. The van der Waals surface area contributed by atoms with E-state index >= 15 is 0 Å². The average Bonchev–Trinajstić information content (AvgIpc) is 3.01. The molecule has 0 aliphatic heterocycles. The second-order valence-electron chi connectivity index (χ2n) is 9.92. The molecular formula is C22H32F3N3O. The predicted molar refractivity (Wildman–Crippen MR) is 104 cm³/mol. The molecule has 0 aromatic carbocycles. The van der Waals surface area contributed by atoms with E-state index < -0.39 is 17.9 Å². The van der Waals surface area contributed by atoms with E-state index in [4.69, 9.17) is 0 Å². The second-order valence-corrected chi connectivity index (χ2v) is 9.92. The molecular weight excluding hydrogens is 379 g/mol. The fraction of sp³-hybridized carbons (Fsp3) is 0.818. The van der Waals surface area contributed by atoms with Crippen LogP contribution in [0.4, 0.5) is 13.2 Å². The Hall–Kier alpha value is -1.53. The summed E-state index contributed by atoms with van der Waals surface area (Å²) in [6, 6.07) is 0.347. The van der Waals surface area contributed by atoms with Crippen molar-refractivity contribution in [1.29, 1.82) is 0 Å². The molecule has 4 nitrogen and oxygen atoms in total. The summed E-state index contributed by atoms with van der Waals surface area (Å²) in [6.07, 6.45) is 5.01. The van der Waals surface area contributed by atoms with Gasteiger partial charge in [0.25, 0.3) is 0 Å². The van der Waals surface area contributed by atoms with Gasteiger partial charge in [-0.3, -0.25) is 9.48 Å². The van der Waals surface area contributed by atoms with Gasteiger partial charge in [0.2, 0.25) is 5.91 Å². The first-order chi connectivity index (χ1) is 13.6. The number of halogens is 3. The number of carbonyl (C=O) groups is 1. The maximum absolute atomic E-state index is 13.1. The lowest BCUT2D eigenvalue weighted by molar-refractivity contribution is -0.142. The Morgan fingerprint density at radius 3 is 2.24 bits per heavy atom. The summed E-state index contributed by atoms with van der Waals surface area (Å²) < 4.78 is 40.2. The summed E-state index contributed by atoms with van der Waals surface area (Å²) in [6.45, 7) is 5.34. The molecule has 4 fully saturated rings. The minimum absolute atomic E-state index is 0.105. The lowest BCUT2D eigenvalue weighted by atomic mass is 9.47. The first-order valence-electron chi connectivity index (χ1n) is 11.0. The van der Waals surface area contributed by atoms with Crippen LogP contribution in [0.25, 0.3) is 0 Å². The van der Waals surface area contributed by atoms with Gasteiger partial charge in [0.15, 0.2) is 5.69 Å². The zero-order chi connectivity index (χ0) is 21.0. The second kappa shape index (κ2) is 7.31. The summed E-state index contributed by atoms with van der Waals surface area (Å²) in [7, 11) is 0. The van der Waals surface area contributed by atoms with Crippen LogP contribution < -0.4 is 5.32 Å². The maximum Gasteiger partial charge on any atom is 0.435 e. The number of carbonyl (C=O) groups excluding carboxylic acids is 1. The number of hydrogen-bond donors (Lipinski definition) is 1. The number of amides is 1. The van der Waals surface area contributed by atoms with E-state index in [1.165, 1.54) is 43.2 Å². The molecule has 0 radical (unpaired) electrons. The molecule has 1 N–H and O–H groups in total. The number of alkyl halides is 3. The van der Waals surface area contributed by atoms with Crippen LogP contribution in [-0.4, -0.2) is 21.7 Å². The molecule has 0 spiro atoms. The van der Waals surface area contributed by atoms with Crippen LogP contribution >= 0.6 is 0 Å². The van der Waals surface area contributed by atoms with Crippen molar-refractivity contribution in [3.05, 3.63) is 17.5 Å². The highest BCUT2D eigenvalue weighted by molar-refractivity contribution is 5.80. The van der Waals surface area contributed by atoms with Gasteiger partial charge in [0, 0.05) is 11.7 Å². The minimum atomic E-state index is -4.50. The Morgan fingerprint density at radius 1 is 1.24 bits per heavy atom. The summed E-state index contributed by atoms with van der Waals surface area (Å²) >= 11 is 0. The van der Waals surface area contributed by atoms with Crippen molar-refractivity contribution in [3.8, 4) is 0 Å². The molecule has 162 valence electrons. The van der Waals surface area contributed by atoms with Crippen LogP contribution in [0.3, 0.4) is 0 Å². The third kappa shape index (κ3) is 3.81. The zero-order valence-corrected chi connectivity index (χ0v) is 17.6. The average molecular weight is 412 g/mol. The third-order valence-electron chi connectivity index (χ3n) is 7.68. The van der Waals surface area contributed by atoms with E-state index in [1.807, 2.05) is 0 Å². The van der Waals surface area contributed by atoms with Gasteiger partial charge in [-0.05, 0) is 88.0 Å². The Bertz CT molecular complexity index is 735. The van der Waals surface area contributed by atoms with Crippen molar-refractivity contribution in [2.75, 3.05) is 0 Å². The van der Waals surface area contributed by atoms with Crippen LogP contribution in [0.15, 0.2) is 6.07 Å². The number of rotatable bonds is 6. The first-order valence-corrected chi connectivity index (χ1v) is 11.0. The normalized spacial score (nSPS) is 33.0. The summed E-state index contributed by atoms with van der Waals surface area (Å²) in [4.78, 5) is 13.1. The quantitative estimate of drug-likeness (QED) is 0.693. The number of hydrogen-bond acceptors (Lipinski definition) is 2. The van der Waals surface area contributed by atoms with Crippen molar-refractivity contribution in [1.82, 2.24) is 15.1 Å². The number of nitrogens with zero attached hydrogens (tertiary/aromatic N) is 2. The molecule has 4 aliphatic carbocycles. The van der Waals surface area contributed by atoms with Crippen LogP contribution in [0.1, 0.15) is 82.6 Å². The van der Waals surface area contributed by atoms with Crippen LogP contribution in [0.5, 0.6) is 0 Å². The van der Waals surface area contributed by atoms with Gasteiger partial charge in [-0.25, -0.2) is 0 Å². The molecule has 1 aromatic rings. The third-order valence-corrected chi connectivity index (χ3v) is 7.68. The van der Waals surface area contributed by atoms with Gasteiger partial charge in [-0.1, -0.05) is 13.3 Å². The van der Waals surface area contributed by atoms with Crippen LogP contribution in [0, 0.1) is 30.1 Å². The molecule has 29 heavy (non-hydrogen) atoms. The summed E-state index contributed by atoms with van der Waals surface area (Å²) in [5, 5.41) is 6.95. The number of aromatic nitrogens is 2. The van der Waals surface area contributed by atoms with E-state index in [0.29, 0.717) is 5.69 Å². The lowest BCUT2D eigenvalue weighted by Gasteiger charge is -2.59. The van der Waals surface area contributed by atoms with E-state index in [1.54, 1.807) is 13.8 Å². The molecule has 1 aromatic heterocycles. The van der Waals surface area contributed by atoms with Crippen molar-refractivity contribution in [2.24, 2.45) is 23.2 Å². The lowest BCUT2D eigenvalue weighted by Crippen LogP contribution is -2.57. The molecule has 4 aliphatic rings. The van der Waals surface area contributed by atoms with Crippen LogP contribution in [0.2, 0.25) is 0 Å². The van der Waals surface area contributed by atoms with E-state index in [0.717, 1.165) is 36.7 Å². The highest BCUT2D eigenvalue weighted by Gasteiger charge is 2.54. The van der Waals surface area contributed by atoms with E-state index in [2.05, 4.69) is 17.3 Å². The van der Waals surface area contributed by atoms with Crippen molar-refractivity contribution in [2.45, 2.75) is 90.4 Å². The van der Waals surface area contributed by atoms with E-state index in [9.17, 15) is 18.0 Å². The Morgan fingerprint density at radius 2 is 1.79 bits per heavy atom. The SMILES string of the molecule is CCC[C@H](NC(=O)[C@@H](C)n1nc(C(F)(F)F)cc1C)C12CC3CC(CC(C3)C1)C2. The molecule has 1 amide bonds. The smallest absolute Gasteiger partial charge is 0.351 e. The minimum Gasteiger partial charge on any atom is -0.351 e. The number of aryl methyl sites for hydroxylation is 1. The summed E-state index contributed by atoms with van der Waals surface area (Å²) in [5.41, 5.74) is -0.418. The van der Waals surface area contributed by atoms with Gasteiger partial charge >= 0.3 is 6.18 Å². The molecule has 7 heteroatoms. The van der Waals surface area contributed by atoms with Crippen molar-refractivity contribution < 1.29 is 18.0 Å². The van der Waals surface area contributed by atoms with E-state index in [-0.39, 0.29) is 17.4 Å². The van der Waals surface area contributed by atoms with Crippen LogP contribution in [-0.2, 0) is 11.0 Å².